The van der Waals surface area contributed by atoms with Crippen molar-refractivity contribution in [2.75, 3.05) is 13.2 Å². The van der Waals surface area contributed by atoms with Crippen LogP contribution in [0.2, 0.25) is 0 Å². The molecule has 31 heavy (non-hydrogen) atoms. The Hall–Kier alpha value is -3.95. The second-order valence-electron chi connectivity index (χ2n) is 7.24. The van der Waals surface area contributed by atoms with E-state index in [9.17, 15) is 14.9 Å². The minimum absolute atomic E-state index is 0.0450. The van der Waals surface area contributed by atoms with Crippen LogP contribution in [0.5, 0.6) is 0 Å². The second-order valence-corrected chi connectivity index (χ2v) is 7.24. The zero-order chi connectivity index (χ0) is 22.0. The van der Waals surface area contributed by atoms with Crippen molar-refractivity contribution < 1.29 is 19.1 Å². The molecule has 0 spiro atoms. The van der Waals surface area contributed by atoms with E-state index in [4.69, 9.17) is 9.52 Å². The van der Waals surface area contributed by atoms with Gasteiger partial charge in [0, 0.05) is 24.3 Å². The first-order chi connectivity index (χ1) is 15.0. The average molecular weight is 412 g/mol. The normalized spacial score (nSPS) is 15.8. The summed E-state index contributed by atoms with van der Waals surface area (Å²) >= 11 is 0. The van der Waals surface area contributed by atoms with Gasteiger partial charge in [0.05, 0.1) is 0 Å². The summed E-state index contributed by atoms with van der Waals surface area (Å²) < 4.78 is 6.01. The van der Waals surface area contributed by atoms with E-state index in [0.717, 1.165) is 21.2 Å². The van der Waals surface area contributed by atoms with Gasteiger partial charge < -0.3 is 9.52 Å². The van der Waals surface area contributed by atoms with Gasteiger partial charge in [0.1, 0.15) is 23.2 Å². The number of amides is 2. The SMILES string of the molecule is CC1=C(C#N)C(=O)N(CCCO)C(=O)/C1=C/c1ccc(-c2cccc3ccccc23)o1. The molecule has 0 fully saturated rings. The third-order valence-electron chi connectivity index (χ3n) is 5.33. The van der Waals surface area contributed by atoms with E-state index in [2.05, 4.69) is 0 Å². The number of furan rings is 1. The first-order valence-electron chi connectivity index (χ1n) is 9.93. The van der Waals surface area contributed by atoms with Crippen molar-refractivity contribution in [3.05, 3.63) is 77.1 Å². The Bertz CT molecular complexity index is 1280. The molecule has 3 aromatic rings. The van der Waals surface area contributed by atoms with Crippen LogP contribution in [0, 0.1) is 11.3 Å². The lowest BCUT2D eigenvalue weighted by Gasteiger charge is -2.27. The molecule has 6 nitrogen and oxygen atoms in total. The summed E-state index contributed by atoms with van der Waals surface area (Å²) in [5.41, 5.74) is 1.40. The van der Waals surface area contributed by atoms with Gasteiger partial charge in [-0.05, 0) is 47.9 Å². The van der Waals surface area contributed by atoms with E-state index in [1.54, 1.807) is 19.1 Å². The highest BCUT2D eigenvalue weighted by molar-refractivity contribution is 6.19. The predicted octanol–water partition coefficient (Wildman–Crippen LogP) is 4.07. The van der Waals surface area contributed by atoms with Gasteiger partial charge in [-0.3, -0.25) is 14.5 Å². The van der Waals surface area contributed by atoms with E-state index in [1.807, 2.05) is 54.6 Å². The fraction of sp³-hybridized carbons (Fsp3) is 0.160. The van der Waals surface area contributed by atoms with Gasteiger partial charge in [0.25, 0.3) is 11.8 Å². The Morgan fingerprint density at radius 3 is 2.61 bits per heavy atom. The standard InChI is InChI=1S/C25H20N2O4/c1-16-21(24(29)27(12-5-13-28)25(30)22(16)15-26)14-18-10-11-23(31-18)20-9-4-7-17-6-2-3-8-19(17)20/h2-4,6-11,14,28H,5,12-13H2,1H3/b21-14+. The molecule has 2 heterocycles. The van der Waals surface area contributed by atoms with Crippen molar-refractivity contribution in [2.45, 2.75) is 13.3 Å². The van der Waals surface area contributed by atoms with Crippen LogP contribution in [0.1, 0.15) is 19.1 Å². The highest BCUT2D eigenvalue weighted by atomic mass is 16.3. The maximum atomic E-state index is 12.9. The maximum Gasteiger partial charge on any atom is 0.271 e. The number of imide groups is 1. The topological polar surface area (TPSA) is 94.5 Å². The molecule has 0 bridgehead atoms. The van der Waals surface area contributed by atoms with Crippen molar-refractivity contribution >= 4 is 28.7 Å². The van der Waals surface area contributed by atoms with Crippen LogP contribution in [0.3, 0.4) is 0 Å². The summed E-state index contributed by atoms with van der Waals surface area (Å²) in [6.07, 6.45) is 1.80. The third-order valence-corrected chi connectivity index (χ3v) is 5.33. The number of hydrogen-bond acceptors (Lipinski definition) is 5. The molecule has 1 N–H and O–H groups in total. The first-order valence-corrected chi connectivity index (χ1v) is 9.93. The average Bonchev–Trinajstić information content (AvgIpc) is 3.25. The minimum atomic E-state index is -0.633. The Balaban J connectivity index is 1.75. The number of fused-ring (bicyclic) bond motifs is 1. The van der Waals surface area contributed by atoms with Gasteiger partial charge in [-0.25, -0.2) is 0 Å². The molecule has 0 radical (unpaired) electrons. The van der Waals surface area contributed by atoms with Crippen molar-refractivity contribution in [1.82, 2.24) is 4.90 Å². The van der Waals surface area contributed by atoms with Crippen LogP contribution in [0.25, 0.3) is 28.2 Å². The summed E-state index contributed by atoms with van der Waals surface area (Å²) in [4.78, 5) is 26.4. The predicted molar refractivity (Wildman–Crippen MR) is 116 cm³/mol. The Labute approximate surface area is 179 Å². The molecule has 1 aliphatic rings. The minimum Gasteiger partial charge on any atom is -0.457 e. The second kappa shape index (κ2) is 8.42. The molecule has 6 heteroatoms. The number of aliphatic hydroxyl groups excluding tert-OH is 1. The number of rotatable bonds is 5. The monoisotopic (exact) mass is 412 g/mol. The van der Waals surface area contributed by atoms with Crippen molar-refractivity contribution in [3.8, 4) is 17.4 Å². The summed E-state index contributed by atoms with van der Waals surface area (Å²) in [5.74, 6) is -0.0359. The number of hydrogen-bond donors (Lipinski definition) is 1. The zero-order valence-corrected chi connectivity index (χ0v) is 17.0. The van der Waals surface area contributed by atoms with Crippen LogP contribution in [-0.4, -0.2) is 35.0 Å². The lowest BCUT2D eigenvalue weighted by molar-refractivity contribution is -0.140. The van der Waals surface area contributed by atoms with Crippen LogP contribution in [0.15, 0.2) is 75.7 Å². The number of benzene rings is 2. The van der Waals surface area contributed by atoms with Crippen molar-refractivity contribution in [1.29, 1.82) is 5.26 Å². The van der Waals surface area contributed by atoms with Crippen LogP contribution in [-0.2, 0) is 9.59 Å². The Morgan fingerprint density at radius 2 is 1.84 bits per heavy atom. The maximum absolute atomic E-state index is 12.9. The number of aliphatic hydroxyl groups is 1. The van der Waals surface area contributed by atoms with Crippen LogP contribution < -0.4 is 0 Å². The molecular formula is C25H20N2O4. The number of nitriles is 1. The molecular weight excluding hydrogens is 392 g/mol. The fourth-order valence-corrected chi connectivity index (χ4v) is 3.72. The Kier molecular flexibility index (Phi) is 5.52. The molecule has 2 amide bonds. The molecule has 0 atom stereocenters. The summed E-state index contributed by atoms with van der Waals surface area (Å²) in [7, 11) is 0. The van der Waals surface area contributed by atoms with E-state index in [-0.39, 0.29) is 30.7 Å². The molecule has 154 valence electrons. The molecule has 0 saturated heterocycles. The lowest BCUT2D eigenvalue weighted by atomic mass is 9.94. The smallest absolute Gasteiger partial charge is 0.271 e. The quantitative estimate of drug-likeness (QED) is 0.503. The van der Waals surface area contributed by atoms with Gasteiger partial charge in [0.2, 0.25) is 0 Å². The number of nitrogens with zero attached hydrogens (tertiary/aromatic N) is 2. The van der Waals surface area contributed by atoms with Gasteiger partial charge >= 0.3 is 0 Å². The van der Waals surface area contributed by atoms with Crippen molar-refractivity contribution in [3.63, 3.8) is 0 Å². The van der Waals surface area contributed by atoms with Gasteiger partial charge in [-0.15, -0.1) is 0 Å². The largest absolute Gasteiger partial charge is 0.457 e. The fourth-order valence-electron chi connectivity index (χ4n) is 3.72. The third kappa shape index (κ3) is 3.67. The highest BCUT2D eigenvalue weighted by Crippen LogP contribution is 2.32. The number of carbonyl (C=O) groups excluding carboxylic acids is 2. The van der Waals surface area contributed by atoms with Gasteiger partial charge in [-0.2, -0.15) is 5.26 Å². The molecule has 0 saturated carbocycles. The molecule has 0 aliphatic carbocycles. The summed E-state index contributed by atoms with van der Waals surface area (Å²) in [5, 5.41) is 20.7. The summed E-state index contributed by atoms with van der Waals surface area (Å²) in [6.45, 7) is 1.47. The van der Waals surface area contributed by atoms with E-state index in [1.165, 1.54) is 0 Å². The molecule has 1 aromatic heterocycles. The van der Waals surface area contributed by atoms with E-state index >= 15 is 0 Å². The van der Waals surface area contributed by atoms with E-state index in [0.29, 0.717) is 17.1 Å². The van der Waals surface area contributed by atoms with E-state index < -0.39 is 11.8 Å². The van der Waals surface area contributed by atoms with Gasteiger partial charge in [-0.1, -0.05) is 42.5 Å². The highest BCUT2D eigenvalue weighted by Gasteiger charge is 2.35. The molecule has 2 aromatic carbocycles. The lowest BCUT2D eigenvalue weighted by Crippen LogP contribution is -2.43. The molecule has 4 rings (SSSR count). The van der Waals surface area contributed by atoms with Crippen LogP contribution >= 0.6 is 0 Å². The number of carbonyl (C=O) groups is 2. The molecule has 1 aliphatic heterocycles. The van der Waals surface area contributed by atoms with Crippen molar-refractivity contribution in [2.24, 2.45) is 0 Å². The molecule has 0 unspecified atom stereocenters. The van der Waals surface area contributed by atoms with Gasteiger partial charge in [0.15, 0.2) is 0 Å². The van der Waals surface area contributed by atoms with Crippen LogP contribution in [0.4, 0.5) is 0 Å². The Morgan fingerprint density at radius 1 is 1.06 bits per heavy atom. The zero-order valence-electron chi connectivity index (χ0n) is 17.0. The summed E-state index contributed by atoms with van der Waals surface area (Å²) in [6, 6.07) is 19.4. The first kappa shape index (κ1) is 20.3.